The van der Waals surface area contributed by atoms with Crippen molar-refractivity contribution >= 4 is 0 Å². The van der Waals surface area contributed by atoms with Gasteiger partial charge in [-0.05, 0) is 24.3 Å². The van der Waals surface area contributed by atoms with Gasteiger partial charge in [-0.1, -0.05) is 0 Å². The Balaban J connectivity index is 2.12. The average molecular weight is 234 g/mol. The fraction of sp³-hybridized carbons (Fsp3) is 0.250. The molecule has 0 spiro atoms. The van der Waals surface area contributed by atoms with Gasteiger partial charge in [-0.25, -0.2) is 9.07 Å². The Morgan fingerprint density at radius 2 is 2.06 bits per heavy atom. The minimum absolute atomic E-state index is 0.119. The Kier molecular flexibility index (Phi) is 2.33. The van der Waals surface area contributed by atoms with Gasteiger partial charge in [0, 0.05) is 12.1 Å². The number of nitrogens with one attached hydrogen (secondary N) is 1. The Morgan fingerprint density at radius 1 is 1.29 bits per heavy atom. The van der Waals surface area contributed by atoms with Gasteiger partial charge in [0.25, 0.3) is 5.56 Å². The molecule has 0 unspecified atom stereocenters. The molecule has 0 atom stereocenters. The first-order valence-corrected chi connectivity index (χ1v) is 5.42. The Hall–Kier alpha value is -1.88. The van der Waals surface area contributed by atoms with Gasteiger partial charge in [0.2, 0.25) is 0 Å². The summed E-state index contributed by atoms with van der Waals surface area (Å²) < 4.78 is 19.5. The summed E-state index contributed by atoms with van der Waals surface area (Å²) in [6.45, 7) is 0.967. The fourth-order valence-corrected chi connectivity index (χ4v) is 1.99. The SMILES string of the molecule is O=c1c2c([nH]n1-c1ccc(F)cc1)CCOC2. The molecule has 1 aromatic heterocycles. The van der Waals surface area contributed by atoms with Crippen LogP contribution in [0.5, 0.6) is 0 Å². The van der Waals surface area contributed by atoms with Crippen LogP contribution < -0.4 is 5.56 Å². The zero-order valence-corrected chi connectivity index (χ0v) is 9.07. The van der Waals surface area contributed by atoms with E-state index in [1.807, 2.05) is 0 Å². The van der Waals surface area contributed by atoms with Crippen molar-refractivity contribution in [3.63, 3.8) is 0 Å². The number of nitrogens with zero attached hydrogens (tertiary/aromatic N) is 1. The van der Waals surface area contributed by atoms with Crippen molar-refractivity contribution in [2.45, 2.75) is 13.0 Å². The van der Waals surface area contributed by atoms with Crippen LogP contribution in [0, 0.1) is 5.82 Å². The highest BCUT2D eigenvalue weighted by Gasteiger charge is 2.18. The highest BCUT2D eigenvalue weighted by molar-refractivity contribution is 5.33. The van der Waals surface area contributed by atoms with Crippen molar-refractivity contribution in [2.75, 3.05) is 6.61 Å². The highest BCUT2D eigenvalue weighted by atomic mass is 19.1. The van der Waals surface area contributed by atoms with Crippen molar-refractivity contribution in [1.82, 2.24) is 9.78 Å². The molecule has 1 aromatic carbocycles. The standard InChI is InChI=1S/C12H11FN2O2/c13-8-1-3-9(4-2-8)15-12(16)10-7-17-6-5-11(10)14-15/h1-4,14H,5-7H2. The van der Waals surface area contributed by atoms with Crippen LogP contribution >= 0.6 is 0 Å². The van der Waals surface area contributed by atoms with E-state index in [1.165, 1.54) is 16.8 Å². The first-order valence-electron chi connectivity index (χ1n) is 5.42. The zero-order chi connectivity index (χ0) is 11.8. The molecule has 5 heteroatoms. The molecule has 0 bridgehead atoms. The number of hydrogen-bond donors (Lipinski definition) is 1. The first-order chi connectivity index (χ1) is 8.25. The van der Waals surface area contributed by atoms with E-state index in [1.54, 1.807) is 12.1 Å². The molecular formula is C12H11FN2O2. The molecule has 1 aliphatic rings. The summed E-state index contributed by atoms with van der Waals surface area (Å²) in [6, 6.07) is 5.80. The third-order valence-electron chi connectivity index (χ3n) is 2.90. The molecular weight excluding hydrogens is 223 g/mol. The van der Waals surface area contributed by atoms with Gasteiger partial charge < -0.3 is 4.74 Å². The lowest BCUT2D eigenvalue weighted by molar-refractivity contribution is 0.109. The lowest BCUT2D eigenvalue weighted by atomic mass is 10.2. The predicted octanol–water partition coefficient (Wildman–Crippen LogP) is 1.38. The van der Waals surface area contributed by atoms with E-state index in [0.717, 1.165) is 5.69 Å². The average Bonchev–Trinajstić information content (AvgIpc) is 2.69. The molecule has 0 saturated carbocycles. The third-order valence-corrected chi connectivity index (χ3v) is 2.90. The number of halogens is 1. The monoisotopic (exact) mass is 234 g/mol. The topological polar surface area (TPSA) is 47.0 Å². The van der Waals surface area contributed by atoms with Gasteiger partial charge in [0.1, 0.15) is 5.82 Å². The normalized spacial score (nSPS) is 14.6. The van der Waals surface area contributed by atoms with Crippen molar-refractivity contribution in [3.8, 4) is 5.69 Å². The lowest BCUT2D eigenvalue weighted by Crippen LogP contribution is -2.19. The second-order valence-electron chi connectivity index (χ2n) is 3.99. The summed E-state index contributed by atoms with van der Waals surface area (Å²) in [6.07, 6.45) is 0.707. The molecule has 0 aliphatic carbocycles. The summed E-state index contributed by atoms with van der Waals surface area (Å²) in [7, 11) is 0. The summed E-state index contributed by atoms with van der Waals surface area (Å²) in [4.78, 5) is 12.1. The molecule has 0 radical (unpaired) electrons. The van der Waals surface area contributed by atoms with E-state index >= 15 is 0 Å². The molecule has 1 aliphatic heterocycles. The van der Waals surface area contributed by atoms with Gasteiger partial charge in [-0.3, -0.25) is 9.89 Å². The van der Waals surface area contributed by atoms with E-state index in [2.05, 4.69) is 5.10 Å². The molecule has 4 nitrogen and oxygen atoms in total. The molecule has 88 valence electrons. The summed E-state index contributed by atoms with van der Waals surface area (Å²) >= 11 is 0. The van der Waals surface area contributed by atoms with Crippen LogP contribution in [0.1, 0.15) is 11.3 Å². The highest BCUT2D eigenvalue weighted by Crippen LogP contribution is 2.13. The van der Waals surface area contributed by atoms with Crippen molar-refractivity contribution in [3.05, 3.63) is 51.7 Å². The van der Waals surface area contributed by atoms with Gasteiger partial charge >= 0.3 is 0 Å². The minimum Gasteiger partial charge on any atom is -0.376 e. The molecule has 3 rings (SSSR count). The van der Waals surface area contributed by atoms with E-state index in [-0.39, 0.29) is 11.4 Å². The number of fused-ring (bicyclic) bond motifs is 1. The minimum atomic E-state index is -0.318. The van der Waals surface area contributed by atoms with Crippen LogP contribution in [-0.2, 0) is 17.8 Å². The summed E-state index contributed by atoms with van der Waals surface area (Å²) in [5.74, 6) is -0.318. The lowest BCUT2D eigenvalue weighted by Gasteiger charge is -2.08. The zero-order valence-electron chi connectivity index (χ0n) is 9.07. The van der Waals surface area contributed by atoms with Gasteiger partial charge in [-0.2, -0.15) is 0 Å². The van der Waals surface area contributed by atoms with Gasteiger partial charge in [0.15, 0.2) is 0 Å². The quantitative estimate of drug-likeness (QED) is 0.810. The Bertz CT molecular complexity index is 598. The molecule has 0 fully saturated rings. The number of hydrogen-bond acceptors (Lipinski definition) is 2. The van der Waals surface area contributed by atoms with Crippen LogP contribution in [0.15, 0.2) is 29.1 Å². The van der Waals surface area contributed by atoms with Crippen LogP contribution in [0.2, 0.25) is 0 Å². The Labute approximate surface area is 96.6 Å². The molecule has 17 heavy (non-hydrogen) atoms. The van der Waals surface area contributed by atoms with Gasteiger partial charge in [0.05, 0.1) is 24.5 Å². The van der Waals surface area contributed by atoms with Crippen molar-refractivity contribution in [2.24, 2.45) is 0 Å². The van der Waals surface area contributed by atoms with E-state index in [0.29, 0.717) is 30.9 Å². The van der Waals surface area contributed by atoms with Crippen molar-refractivity contribution in [1.29, 1.82) is 0 Å². The van der Waals surface area contributed by atoms with Crippen molar-refractivity contribution < 1.29 is 9.13 Å². The maximum absolute atomic E-state index is 12.8. The van der Waals surface area contributed by atoms with Crippen LogP contribution in [0.4, 0.5) is 4.39 Å². The second-order valence-corrected chi connectivity index (χ2v) is 3.99. The predicted molar refractivity (Wildman–Crippen MR) is 59.7 cm³/mol. The smallest absolute Gasteiger partial charge is 0.277 e. The van der Waals surface area contributed by atoms with Crippen LogP contribution in [-0.4, -0.2) is 16.4 Å². The number of rotatable bonds is 1. The number of ether oxygens (including phenoxy) is 1. The number of aromatic nitrogens is 2. The van der Waals surface area contributed by atoms with E-state index in [4.69, 9.17) is 4.74 Å². The third kappa shape index (κ3) is 1.68. The van der Waals surface area contributed by atoms with Crippen LogP contribution in [0.25, 0.3) is 5.69 Å². The molecule has 2 aromatic rings. The molecule has 1 N–H and O–H groups in total. The first kappa shape index (κ1) is 10.3. The van der Waals surface area contributed by atoms with E-state index in [9.17, 15) is 9.18 Å². The molecule has 0 amide bonds. The van der Waals surface area contributed by atoms with E-state index < -0.39 is 0 Å². The Morgan fingerprint density at radius 3 is 2.76 bits per heavy atom. The maximum atomic E-state index is 12.8. The fourth-order valence-electron chi connectivity index (χ4n) is 1.99. The van der Waals surface area contributed by atoms with Gasteiger partial charge in [-0.15, -0.1) is 0 Å². The second kappa shape index (κ2) is 3.85. The summed E-state index contributed by atoms with van der Waals surface area (Å²) in [5, 5.41) is 3.04. The van der Waals surface area contributed by atoms with Crippen LogP contribution in [0.3, 0.4) is 0 Å². The molecule has 0 saturated heterocycles. The number of H-pyrrole nitrogens is 1. The maximum Gasteiger partial charge on any atom is 0.277 e. The summed E-state index contributed by atoms with van der Waals surface area (Å²) in [5.41, 5.74) is 2.09. The number of benzene rings is 1. The number of aromatic amines is 1. The molecule has 2 heterocycles. The largest absolute Gasteiger partial charge is 0.376 e.